The van der Waals surface area contributed by atoms with E-state index in [9.17, 15) is 4.79 Å². The van der Waals surface area contributed by atoms with Crippen molar-refractivity contribution in [1.82, 2.24) is 4.90 Å². The van der Waals surface area contributed by atoms with Crippen LogP contribution in [0.4, 0.5) is 11.4 Å². The highest BCUT2D eigenvalue weighted by Crippen LogP contribution is 2.22. The standard InChI is InChI=1S/C19H29N3O2/c1-16(19(23)22-12-14-24-15-13-22)20-17-6-8-18(9-7-17)21-10-4-2-3-5-11-21/h6-9,16,20H,2-5,10-15H2,1H3. The minimum atomic E-state index is -0.216. The van der Waals surface area contributed by atoms with E-state index >= 15 is 0 Å². The van der Waals surface area contributed by atoms with Crippen molar-refractivity contribution < 1.29 is 9.53 Å². The number of ether oxygens (including phenoxy) is 1. The lowest BCUT2D eigenvalue weighted by atomic mass is 10.2. The first-order valence-electron chi connectivity index (χ1n) is 9.22. The summed E-state index contributed by atoms with van der Waals surface area (Å²) in [5.41, 5.74) is 2.29. The second-order valence-corrected chi connectivity index (χ2v) is 6.75. The van der Waals surface area contributed by atoms with E-state index in [1.54, 1.807) is 0 Å². The predicted molar refractivity (Wildman–Crippen MR) is 97.6 cm³/mol. The number of hydrogen-bond acceptors (Lipinski definition) is 4. The van der Waals surface area contributed by atoms with Gasteiger partial charge in [-0.25, -0.2) is 0 Å². The van der Waals surface area contributed by atoms with Crippen molar-refractivity contribution in [3.8, 4) is 0 Å². The molecule has 2 heterocycles. The number of amides is 1. The highest BCUT2D eigenvalue weighted by molar-refractivity contribution is 5.84. The van der Waals surface area contributed by atoms with Crippen LogP contribution in [0.5, 0.6) is 0 Å². The Bertz CT molecular complexity index is 518. The quantitative estimate of drug-likeness (QED) is 0.921. The lowest BCUT2D eigenvalue weighted by molar-refractivity contribution is -0.135. The van der Waals surface area contributed by atoms with Crippen molar-refractivity contribution in [3.63, 3.8) is 0 Å². The van der Waals surface area contributed by atoms with Crippen LogP contribution in [-0.4, -0.2) is 56.2 Å². The van der Waals surface area contributed by atoms with Gasteiger partial charge >= 0.3 is 0 Å². The Morgan fingerprint density at radius 2 is 1.62 bits per heavy atom. The molecule has 0 aliphatic carbocycles. The average Bonchev–Trinajstić information content (AvgIpc) is 2.92. The predicted octanol–water partition coefficient (Wildman–Crippen LogP) is 2.73. The molecule has 0 aromatic heterocycles. The third kappa shape index (κ3) is 4.41. The Kier molecular flexibility index (Phi) is 5.96. The maximum atomic E-state index is 12.5. The lowest BCUT2D eigenvalue weighted by Crippen LogP contribution is -2.46. The lowest BCUT2D eigenvalue weighted by Gasteiger charge is -2.30. The van der Waals surface area contributed by atoms with Gasteiger partial charge in [-0.2, -0.15) is 0 Å². The molecule has 0 saturated carbocycles. The summed E-state index contributed by atoms with van der Waals surface area (Å²) in [6.45, 7) is 6.90. The third-order valence-electron chi connectivity index (χ3n) is 4.91. The van der Waals surface area contributed by atoms with Crippen molar-refractivity contribution in [2.45, 2.75) is 38.6 Å². The van der Waals surface area contributed by atoms with Crippen molar-refractivity contribution in [2.75, 3.05) is 49.6 Å². The van der Waals surface area contributed by atoms with Crippen LogP contribution in [0.1, 0.15) is 32.6 Å². The minimum absolute atomic E-state index is 0.148. The highest BCUT2D eigenvalue weighted by atomic mass is 16.5. The van der Waals surface area contributed by atoms with Gasteiger partial charge in [0.05, 0.1) is 13.2 Å². The fourth-order valence-electron chi connectivity index (χ4n) is 3.47. The number of carbonyl (C=O) groups excluding carboxylic acids is 1. The van der Waals surface area contributed by atoms with Crippen molar-refractivity contribution in [1.29, 1.82) is 0 Å². The first-order valence-corrected chi connectivity index (χ1v) is 9.22. The zero-order valence-corrected chi connectivity index (χ0v) is 14.7. The largest absolute Gasteiger partial charge is 0.378 e. The summed E-state index contributed by atoms with van der Waals surface area (Å²) in [7, 11) is 0. The molecule has 2 aliphatic heterocycles. The van der Waals surface area contributed by atoms with Crippen molar-refractivity contribution >= 4 is 17.3 Å². The van der Waals surface area contributed by atoms with Gasteiger partial charge in [0, 0.05) is 37.6 Å². The summed E-state index contributed by atoms with van der Waals surface area (Å²) in [5.74, 6) is 0.148. The summed E-state index contributed by atoms with van der Waals surface area (Å²) < 4.78 is 5.31. The molecule has 24 heavy (non-hydrogen) atoms. The molecule has 2 fully saturated rings. The molecule has 1 aromatic rings. The van der Waals surface area contributed by atoms with Crippen LogP contribution in [0.2, 0.25) is 0 Å². The van der Waals surface area contributed by atoms with Gasteiger partial charge in [0.25, 0.3) is 0 Å². The van der Waals surface area contributed by atoms with Gasteiger partial charge in [-0.05, 0) is 44.0 Å². The molecule has 1 atom stereocenters. The summed E-state index contributed by atoms with van der Waals surface area (Å²) in [5, 5.41) is 3.33. The second-order valence-electron chi connectivity index (χ2n) is 6.75. The van der Waals surface area contributed by atoms with Gasteiger partial charge < -0.3 is 19.9 Å². The molecule has 1 N–H and O–H groups in total. The molecule has 0 spiro atoms. The minimum Gasteiger partial charge on any atom is -0.378 e. The fraction of sp³-hybridized carbons (Fsp3) is 0.632. The van der Waals surface area contributed by atoms with E-state index in [-0.39, 0.29) is 11.9 Å². The third-order valence-corrected chi connectivity index (χ3v) is 4.91. The molecule has 0 radical (unpaired) electrons. The van der Waals surface area contributed by atoms with E-state index in [1.165, 1.54) is 31.4 Å². The van der Waals surface area contributed by atoms with Gasteiger partial charge in [0.15, 0.2) is 0 Å². The van der Waals surface area contributed by atoms with Crippen molar-refractivity contribution in [2.24, 2.45) is 0 Å². The summed E-state index contributed by atoms with van der Waals surface area (Å²) in [6.07, 6.45) is 5.25. The Hall–Kier alpha value is -1.75. The number of carbonyl (C=O) groups is 1. The van der Waals surface area contributed by atoms with Gasteiger partial charge in [-0.15, -0.1) is 0 Å². The van der Waals surface area contributed by atoms with Crippen LogP contribution in [0, 0.1) is 0 Å². The van der Waals surface area contributed by atoms with Crippen LogP contribution in [-0.2, 0) is 9.53 Å². The summed E-state index contributed by atoms with van der Waals surface area (Å²) >= 11 is 0. The molecule has 5 nitrogen and oxygen atoms in total. The van der Waals surface area contributed by atoms with E-state index in [1.807, 2.05) is 11.8 Å². The molecular weight excluding hydrogens is 302 g/mol. The Morgan fingerprint density at radius 1 is 1.00 bits per heavy atom. The molecule has 1 unspecified atom stereocenters. The summed E-state index contributed by atoms with van der Waals surface area (Å²) in [6, 6.07) is 8.29. The smallest absolute Gasteiger partial charge is 0.244 e. The molecule has 1 amide bonds. The maximum absolute atomic E-state index is 12.5. The molecule has 5 heteroatoms. The number of morpholine rings is 1. The number of anilines is 2. The Morgan fingerprint density at radius 3 is 2.25 bits per heavy atom. The Balaban J connectivity index is 1.55. The molecule has 132 valence electrons. The van der Waals surface area contributed by atoms with Crippen LogP contribution in [0.15, 0.2) is 24.3 Å². The first-order chi connectivity index (χ1) is 11.7. The van der Waals surface area contributed by atoms with Gasteiger partial charge in [0.2, 0.25) is 5.91 Å². The molecule has 3 rings (SSSR count). The van der Waals surface area contributed by atoms with Crippen LogP contribution < -0.4 is 10.2 Å². The second kappa shape index (κ2) is 8.38. The number of hydrogen-bond donors (Lipinski definition) is 1. The number of nitrogens with one attached hydrogen (secondary N) is 1. The summed E-state index contributed by atoms with van der Waals surface area (Å²) in [4.78, 5) is 16.8. The van der Waals surface area contributed by atoms with Gasteiger partial charge in [-0.3, -0.25) is 4.79 Å². The zero-order chi connectivity index (χ0) is 16.8. The maximum Gasteiger partial charge on any atom is 0.244 e. The van der Waals surface area contributed by atoms with Gasteiger partial charge in [0.1, 0.15) is 6.04 Å². The van der Waals surface area contributed by atoms with E-state index in [0.717, 1.165) is 18.8 Å². The zero-order valence-electron chi connectivity index (χ0n) is 14.7. The Labute approximate surface area is 145 Å². The first kappa shape index (κ1) is 17.1. The molecule has 1 aromatic carbocycles. The highest BCUT2D eigenvalue weighted by Gasteiger charge is 2.22. The van der Waals surface area contributed by atoms with Gasteiger partial charge in [-0.1, -0.05) is 12.8 Å². The van der Waals surface area contributed by atoms with E-state index < -0.39 is 0 Å². The number of benzene rings is 1. The van der Waals surface area contributed by atoms with E-state index in [0.29, 0.717) is 26.3 Å². The molecule has 2 aliphatic rings. The SMILES string of the molecule is CC(Nc1ccc(N2CCCCCC2)cc1)C(=O)N1CCOCC1. The molecular formula is C19H29N3O2. The number of rotatable bonds is 4. The van der Waals surface area contributed by atoms with E-state index in [4.69, 9.17) is 4.74 Å². The van der Waals surface area contributed by atoms with Crippen LogP contribution in [0.3, 0.4) is 0 Å². The van der Waals surface area contributed by atoms with E-state index in [2.05, 4.69) is 34.5 Å². The fourth-order valence-corrected chi connectivity index (χ4v) is 3.47. The normalized spacial score (nSPS) is 20.4. The topological polar surface area (TPSA) is 44.8 Å². The molecule has 2 saturated heterocycles. The number of nitrogens with zero attached hydrogens (tertiary/aromatic N) is 2. The van der Waals surface area contributed by atoms with Crippen molar-refractivity contribution in [3.05, 3.63) is 24.3 Å². The monoisotopic (exact) mass is 331 g/mol. The van der Waals surface area contributed by atoms with Crippen LogP contribution >= 0.6 is 0 Å². The average molecular weight is 331 g/mol. The van der Waals surface area contributed by atoms with Crippen LogP contribution in [0.25, 0.3) is 0 Å². The molecule has 0 bridgehead atoms.